The molecular formula is C13H16O4S2. The lowest BCUT2D eigenvalue weighted by Crippen LogP contribution is -2.08. The Bertz CT molecular complexity index is 395. The van der Waals surface area contributed by atoms with E-state index in [0.717, 1.165) is 0 Å². The van der Waals surface area contributed by atoms with Crippen molar-refractivity contribution >= 4 is 33.5 Å². The van der Waals surface area contributed by atoms with Crippen molar-refractivity contribution in [2.75, 3.05) is 18.6 Å². The van der Waals surface area contributed by atoms with Crippen molar-refractivity contribution in [3.8, 4) is 5.75 Å². The normalized spacial score (nSPS) is 9.95. The Morgan fingerprint density at radius 1 is 1.00 bits per heavy atom. The van der Waals surface area contributed by atoms with E-state index < -0.39 is 0 Å². The fourth-order valence-corrected chi connectivity index (χ4v) is 3.08. The number of carbonyl (C=O) groups is 2. The summed E-state index contributed by atoms with van der Waals surface area (Å²) >= 11 is 0. The molecule has 1 aromatic rings. The number of hydrogen-bond donors (Lipinski definition) is 0. The SMILES string of the molecule is COC(=O)CCSSCCC(=O)Oc1ccccc1. The van der Waals surface area contributed by atoms with Gasteiger partial charge in [-0.05, 0) is 12.1 Å². The summed E-state index contributed by atoms with van der Waals surface area (Å²) in [7, 11) is 4.48. The molecule has 1 rings (SSSR count). The second kappa shape index (κ2) is 9.75. The van der Waals surface area contributed by atoms with Crippen LogP contribution in [0.4, 0.5) is 0 Å². The number of para-hydroxylation sites is 1. The maximum Gasteiger partial charge on any atom is 0.312 e. The summed E-state index contributed by atoms with van der Waals surface area (Å²) < 4.78 is 9.67. The van der Waals surface area contributed by atoms with Crippen molar-refractivity contribution in [3.63, 3.8) is 0 Å². The number of rotatable bonds is 8. The van der Waals surface area contributed by atoms with E-state index in [4.69, 9.17) is 4.74 Å². The molecule has 0 atom stereocenters. The summed E-state index contributed by atoms with van der Waals surface area (Å²) in [5, 5.41) is 0. The lowest BCUT2D eigenvalue weighted by molar-refractivity contribution is -0.140. The number of carbonyl (C=O) groups excluding carboxylic acids is 2. The topological polar surface area (TPSA) is 52.6 Å². The van der Waals surface area contributed by atoms with Crippen molar-refractivity contribution in [1.29, 1.82) is 0 Å². The highest BCUT2D eigenvalue weighted by Crippen LogP contribution is 2.23. The van der Waals surface area contributed by atoms with E-state index in [9.17, 15) is 9.59 Å². The summed E-state index contributed by atoms with van der Waals surface area (Å²) in [4.78, 5) is 22.3. The summed E-state index contributed by atoms with van der Waals surface area (Å²) in [5.74, 6) is 1.46. The number of ether oxygens (including phenoxy) is 2. The van der Waals surface area contributed by atoms with Gasteiger partial charge in [-0.15, -0.1) is 0 Å². The van der Waals surface area contributed by atoms with Crippen LogP contribution in [0.1, 0.15) is 12.8 Å². The summed E-state index contributed by atoms with van der Waals surface area (Å²) in [6.45, 7) is 0. The van der Waals surface area contributed by atoms with Crippen molar-refractivity contribution in [1.82, 2.24) is 0 Å². The fraction of sp³-hybridized carbons (Fsp3) is 0.385. The molecule has 0 N–H and O–H groups in total. The molecule has 0 bridgehead atoms. The molecule has 19 heavy (non-hydrogen) atoms. The monoisotopic (exact) mass is 300 g/mol. The van der Waals surface area contributed by atoms with Crippen LogP contribution in [0.25, 0.3) is 0 Å². The van der Waals surface area contributed by atoms with E-state index in [1.165, 1.54) is 7.11 Å². The molecule has 0 heterocycles. The quantitative estimate of drug-likeness (QED) is 0.318. The first-order valence-corrected chi connectivity index (χ1v) is 8.28. The van der Waals surface area contributed by atoms with Gasteiger partial charge < -0.3 is 9.47 Å². The smallest absolute Gasteiger partial charge is 0.312 e. The zero-order valence-corrected chi connectivity index (χ0v) is 12.3. The van der Waals surface area contributed by atoms with E-state index in [1.54, 1.807) is 33.7 Å². The molecule has 104 valence electrons. The largest absolute Gasteiger partial charge is 0.469 e. The van der Waals surface area contributed by atoms with Gasteiger partial charge in [0.25, 0.3) is 0 Å². The van der Waals surface area contributed by atoms with Crippen LogP contribution in [0.15, 0.2) is 30.3 Å². The lowest BCUT2D eigenvalue weighted by Gasteiger charge is -2.03. The third-order valence-electron chi connectivity index (χ3n) is 2.06. The van der Waals surface area contributed by atoms with Gasteiger partial charge >= 0.3 is 11.9 Å². The molecule has 0 saturated heterocycles. The Hall–Kier alpha value is -1.14. The number of esters is 2. The van der Waals surface area contributed by atoms with Gasteiger partial charge in [-0.2, -0.15) is 0 Å². The van der Waals surface area contributed by atoms with E-state index >= 15 is 0 Å². The third kappa shape index (κ3) is 7.79. The Balaban J connectivity index is 2.03. The molecule has 0 unspecified atom stereocenters. The molecule has 0 radical (unpaired) electrons. The van der Waals surface area contributed by atoms with Crippen molar-refractivity contribution in [2.24, 2.45) is 0 Å². The van der Waals surface area contributed by atoms with E-state index in [-0.39, 0.29) is 11.9 Å². The van der Waals surface area contributed by atoms with E-state index in [0.29, 0.717) is 30.1 Å². The molecule has 6 heteroatoms. The first kappa shape index (κ1) is 15.9. The van der Waals surface area contributed by atoms with Gasteiger partial charge in [-0.3, -0.25) is 9.59 Å². The minimum atomic E-state index is -0.243. The number of methoxy groups -OCH3 is 1. The van der Waals surface area contributed by atoms with Gasteiger partial charge in [0.05, 0.1) is 20.0 Å². The van der Waals surface area contributed by atoms with Crippen LogP contribution in [0.3, 0.4) is 0 Å². The van der Waals surface area contributed by atoms with E-state index in [1.807, 2.05) is 18.2 Å². The van der Waals surface area contributed by atoms with Crippen LogP contribution in [-0.2, 0) is 14.3 Å². The van der Waals surface area contributed by atoms with Gasteiger partial charge in [0.2, 0.25) is 0 Å². The Morgan fingerprint density at radius 2 is 1.58 bits per heavy atom. The zero-order valence-electron chi connectivity index (χ0n) is 10.7. The van der Waals surface area contributed by atoms with Crippen LogP contribution in [-0.4, -0.2) is 30.6 Å². The second-order valence-electron chi connectivity index (χ2n) is 3.51. The Kier molecular flexibility index (Phi) is 8.16. The van der Waals surface area contributed by atoms with Crippen LogP contribution in [0, 0.1) is 0 Å². The molecule has 0 aliphatic carbocycles. The minimum Gasteiger partial charge on any atom is -0.469 e. The zero-order chi connectivity index (χ0) is 13.9. The van der Waals surface area contributed by atoms with E-state index in [2.05, 4.69) is 4.74 Å². The molecule has 1 aromatic carbocycles. The van der Waals surface area contributed by atoms with Crippen LogP contribution in [0.5, 0.6) is 5.75 Å². The Labute approximate surface area is 120 Å². The van der Waals surface area contributed by atoms with Crippen LogP contribution in [0.2, 0.25) is 0 Å². The van der Waals surface area contributed by atoms with Crippen LogP contribution < -0.4 is 4.74 Å². The fourth-order valence-electron chi connectivity index (χ4n) is 1.14. The van der Waals surface area contributed by atoms with Crippen molar-refractivity contribution < 1.29 is 19.1 Å². The van der Waals surface area contributed by atoms with Crippen LogP contribution >= 0.6 is 21.6 Å². The predicted molar refractivity (Wildman–Crippen MR) is 78.2 cm³/mol. The summed E-state index contributed by atoms with van der Waals surface area (Å²) in [6.07, 6.45) is 0.743. The van der Waals surface area contributed by atoms with Gasteiger partial charge in [0.1, 0.15) is 5.75 Å². The first-order valence-electron chi connectivity index (χ1n) is 5.79. The van der Waals surface area contributed by atoms with Crippen molar-refractivity contribution in [3.05, 3.63) is 30.3 Å². The highest BCUT2D eigenvalue weighted by Gasteiger charge is 2.05. The molecule has 0 aliphatic heterocycles. The predicted octanol–water partition coefficient (Wildman–Crippen LogP) is 2.93. The Morgan fingerprint density at radius 3 is 2.16 bits per heavy atom. The number of hydrogen-bond acceptors (Lipinski definition) is 6. The molecule has 0 aromatic heterocycles. The molecular weight excluding hydrogens is 284 g/mol. The van der Waals surface area contributed by atoms with Gasteiger partial charge in [-0.25, -0.2) is 0 Å². The van der Waals surface area contributed by atoms with Gasteiger partial charge in [-0.1, -0.05) is 39.8 Å². The standard InChI is InChI=1S/C13H16O4S2/c1-16-12(14)7-9-18-19-10-8-13(15)17-11-5-3-2-4-6-11/h2-6H,7-10H2,1H3. The summed E-state index contributed by atoms with van der Waals surface area (Å²) in [5.41, 5.74) is 0. The highest BCUT2D eigenvalue weighted by molar-refractivity contribution is 8.76. The second-order valence-corrected chi connectivity index (χ2v) is 6.21. The molecule has 0 aliphatic rings. The molecule has 0 fully saturated rings. The maximum absolute atomic E-state index is 11.5. The average molecular weight is 300 g/mol. The molecule has 0 saturated carbocycles. The van der Waals surface area contributed by atoms with Gasteiger partial charge in [0, 0.05) is 11.5 Å². The molecule has 4 nitrogen and oxygen atoms in total. The molecule has 0 spiro atoms. The highest BCUT2D eigenvalue weighted by atomic mass is 33.1. The van der Waals surface area contributed by atoms with Gasteiger partial charge in [0.15, 0.2) is 0 Å². The number of benzene rings is 1. The first-order chi connectivity index (χ1) is 9.22. The third-order valence-corrected chi connectivity index (χ3v) is 4.47. The minimum absolute atomic E-state index is 0.211. The van der Waals surface area contributed by atoms with Crippen molar-refractivity contribution in [2.45, 2.75) is 12.8 Å². The maximum atomic E-state index is 11.5. The lowest BCUT2D eigenvalue weighted by atomic mass is 10.3. The molecule has 0 amide bonds. The summed E-state index contributed by atoms with van der Waals surface area (Å²) in [6, 6.07) is 9.00. The average Bonchev–Trinajstić information content (AvgIpc) is 2.43.